The molecule has 0 radical (unpaired) electrons. The molecular weight excluding hydrogens is 266 g/mol. The summed E-state index contributed by atoms with van der Waals surface area (Å²) in [6, 6.07) is 5.13. The minimum atomic E-state index is 0.269. The zero-order chi connectivity index (χ0) is 13.8. The van der Waals surface area contributed by atoms with Gasteiger partial charge in [-0.2, -0.15) is 5.26 Å². The van der Waals surface area contributed by atoms with Crippen LogP contribution in [0.25, 0.3) is 0 Å². The highest BCUT2D eigenvalue weighted by Crippen LogP contribution is 2.36. The molecule has 0 aliphatic carbocycles. The molecule has 6 heteroatoms. The summed E-state index contributed by atoms with van der Waals surface area (Å²) in [5.74, 6) is 1.60. The van der Waals surface area contributed by atoms with Gasteiger partial charge in [-0.3, -0.25) is 0 Å². The Morgan fingerprint density at radius 3 is 2.84 bits per heavy atom. The smallest absolute Gasteiger partial charge is 0.180 e. The number of halogens is 1. The molecule has 0 atom stereocenters. The Hall–Kier alpha value is -2.19. The molecule has 0 amide bonds. The Morgan fingerprint density at radius 2 is 2.26 bits per heavy atom. The molecule has 0 aliphatic rings. The standard InChI is InChI=1S/C13H12ClN3O2/c1-17-4-3-16-12(17)8-19-13-10(14)5-9(7-15)6-11(13)18-2/h3-6H,8H2,1-2H3. The Morgan fingerprint density at radius 1 is 1.47 bits per heavy atom. The van der Waals surface area contributed by atoms with E-state index >= 15 is 0 Å². The van der Waals surface area contributed by atoms with Crippen molar-refractivity contribution in [1.29, 1.82) is 5.26 Å². The van der Waals surface area contributed by atoms with Gasteiger partial charge in [0.15, 0.2) is 11.5 Å². The molecule has 0 fully saturated rings. The van der Waals surface area contributed by atoms with Crippen molar-refractivity contribution in [2.24, 2.45) is 7.05 Å². The van der Waals surface area contributed by atoms with Crippen LogP contribution in [0.5, 0.6) is 11.5 Å². The van der Waals surface area contributed by atoms with Crippen LogP contribution in [0.3, 0.4) is 0 Å². The van der Waals surface area contributed by atoms with Gasteiger partial charge < -0.3 is 14.0 Å². The Balaban J connectivity index is 2.25. The third-order valence-corrected chi connectivity index (χ3v) is 2.91. The van der Waals surface area contributed by atoms with Crippen LogP contribution in [0.1, 0.15) is 11.4 Å². The molecule has 1 aromatic heterocycles. The van der Waals surface area contributed by atoms with E-state index in [1.807, 2.05) is 23.9 Å². The van der Waals surface area contributed by atoms with Crippen molar-refractivity contribution in [1.82, 2.24) is 9.55 Å². The first-order valence-electron chi connectivity index (χ1n) is 5.52. The summed E-state index contributed by atoms with van der Waals surface area (Å²) >= 11 is 6.09. The molecule has 0 saturated carbocycles. The highest BCUT2D eigenvalue weighted by molar-refractivity contribution is 6.32. The largest absolute Gasteiger partial charge is 0.493 e. The van der Waals surface area contributed by atoms with Gasteiger partial charge in [-0.1, -0.05) is 11.6 Å². The van der Waals surface area contributed by atoms with Crippen molar-refractivity contribution >= 4 is 11.6 Å². The van der Waals surface area contributed by atoms with Gasteiger partial charge in [-0.15, -0.1) is 0 Å². The fraction of sp³-hybridized carbons (Fsp3) is 0.231. The van der Waals surface area contributed by atoms with Gasteiger partial charge in [0, 0.05) is 25.5 Å². The third-order valence-electron chi connectivity index (χ3n) is 2.63. The van der Waals surface area contributed by atoms with E-state index in [1.165, 1.54) is 13.2 Å². The number of hydrogen-bond donors (Lipinski definition) is 0. The second kappa shape index (κ2) is 5.63. The predicted octanol–water partition coefficient (Wildman–Crippen LogP) is 2.53. The minimum Gasteiger partial charge on any atom is -0.493 e. The molecular formula is C13H12ClN3O2. The van der Waals surface area contributed by atoms with Crippen molar-refractivity contribution in [2.45, 2.75) is 6.61 Å². The number of aromatic nitrogens is 2. The van der Waals surface area contributed by atoms with E-state index < -0.39 is 0 Å². The Bertz CT molecular complexity index is 631. The number of nitrogens with zero attached hydrogens (tertiary/aromatic N) is 3. The second-order valence-corrected chi connectivity index (χ2v) is 4.25. The minimum absolute atomic E-state index is 0.269. The molecule has 19 heavy (non-hydrogen) atoms. The summed E-state index contributed by atoms with van der Waals surface area (Å²) in [7, 11) is 3.38. The summed E-state index contributed by atoms with van der Waals surface area (Å²) in [5.41, 5.74) is 0.422. The van der Waals surface area contributed by atoms with Crippen LogP contribution < -0.4 is 9.47 Å². The van der Waals surface area contributed by atoms with E-state index in [1.54, 1.807) is 12.3 Å². The first-order valence-corrected chi connectivity index (χ1v) is 5.90. The maximum Gasteiger partial charge on any atom is 0.180 e. The van der Waals surface area contributed by atoms with Gasteiger partial charge in [-0.25, -0.2) is 4.98 Å². The van der Waals surface area contributed by atoms with Gasteiger partial charge in [0.1, 0.15) is 12.4 Å². The molecule has 1 aromatic carbocycles. The number of imidazole rings is 1. The SMILES string of the molecule is COc1cc(C#N)cc(Cl)c1OCc1nccn1C. The summed E-state index contributed by atoms with van der Waals surface area (Å²) in [6.07, 6.45) is 3.52. The number of methoxy groups -OCH3 is 1. The van der Waals surface area contributed by atoms with Crippen molar-refractivity contribution in [3.05, 3.63) is 40.9 Å². The van der Waals surface area contributed by atoms with Crippen LogP contribution in [0, 0.1) is 11.3 Å². The molecule has 0 N–H and O–H groups in total. The average Bonchev–Trinajstić information content (AvgIpc) is 2.82. The number of nitriles is 1. The van der Waals surface area contributed by atoms with Crippen LogP contribution >= 0.6 is 11.6 Å². The molecule has 0 unspecified atom stereocenters. The number of rotatable bonds is 4. The van der Waals surface area contributed by atoms with Crippen LogP contribution in [-0.4, -0.2) is 16.7 Å². The third kappa shape index (κ3) is 2.80. The normalized spacial score (nSPS) is 10.0. The Kier molecular flexibility index (Phi) is 3.93. The number of ether oxygens (including phenoxy) is 2. The summed E-state index contributed by atoms with van der Waals surface area (Å²) < 4.78 is 12.7. The molecule has 5 nitrogen and oxygen atoms in total. The fourth-order valence-corrected chi connectivity index (χ4v) is 1.86. The molecule has 0 aliphatic heterocycles. The zero-order valence-corrected chi connectivity index (χ0v) is 11.3. The molecule has 0 bridgehead atoms. The maximum absolute atomic E-state index is 8.87. The number of hydrogen-bond acceptors (Lipinski definition) is 4. The van der Waals surface area contributed by atoms with Crippen molar-refractivity contribution in [2.75, 3.05) is 7.11 Å². The molecule has 2 aromatic rings. The van der Waals surface area contributed by atoms with E-state index in [2.05, 4.69) is 4.98 Å². The van der Waals surface area contributed by atoms with E-state index in [0.717, 1.165) is 5.82 Å². The lowest BCUT2D eigenvalue weighted by molar-refractivity contribution is 0.273. The van der Waals surface area contributed by atoms with E-state index in [4.69, 9.17) is 26.3 Å². The van der Waals surface area contributed by atoms with E-state index in [-0.39, 0.29) is 6.61 Å². The zero-order valence-electron chi connectivity index (χ0n) is 10.6. The van der Waals surface area contributed by atoms with Gasteiger partial charge in [-0.05, 0) is 6.07 Å². The van der Waals surface area contributed by atoms with Crippen LogP contribution in [0.15, 0.2) is 24.5 Å². The van der Waals surface area contributed by atoms with Gasteiger partial charge in [0.05, 0.1) is 23.8 Å². The average molecular weight is 278 g/mol. The van der Waals surface area contributed by atoms with Crippen molar-refractivity contribution in [3.63, 3.8) is 0 Å². The first kappa shape index (κ1) is 13.2. The van der Waals surface area contributed by atoms with Crippen LogP contribution in [0.2, 0.25) is 5.02 Å². The second-order valence-electron chi connectivity index (χ2n) is 3.84. The van der Waals surface area contributed by atoms with Gasteiger partial charge >= 0.3 is 0 Å². The van der Waals surface area contributed by atoms with Gasteiger partial charge in [0.2, 0.25) is 0 Å². The first-order chi connectivity index (χ1) is 9.15. The number of aryl methyl sites for hydroxylation is 1. The summed E-state index contributed by atoms with van der Waals surface area (Å²) in [4.78, 5) is 4.15. The summed E-state index contributed by atoms with van der Waals surface area (Å²) in [5, 5.41) is 9.21. The summed E-state index contributed by atoms with van der Waals surface area (Å²) in [6.45, 7) is 0.269. The van der Waals surface area contributed by atoms with Crippen LogP contribution in [-0.2, 0) is 13.7 Å². The lowest BCUT2D eigenvalue weighted by Gasteiger charge is -2.12. The highest BCUT2D eigenvalue weighted by atomic mass is 35.5. The maximum atomic E-state index is 8.87. The quantitative estimate of drug-likeness (QED) is 0.862. The van der Waals surface area contributed by atoms with E-state index in [9.17, 15) is 0 Å². The molecule has 0 spiro atoms. The molecule has 0 saturated heterocycles. The molecule has 98 valence electrons. The number of benzene rings is 1. The monoisotopic (exact) mass is 277 g/mol. The van der Waals surface area contributed by atoms with Gasteiger partial charge in [0.25, 0.3) is 0 Å². The van der Waals surface area contributed by atoms with Crippen molar-refractivity contribution < 1.29 is 9.47 Å². The Labute approximate surface area is 116 Å². The molecule has 1 heterocycles. The molecule has 2 rings (SSSR count). The van der Waals surface area contributed by atoms with Crippen molar-refractivity contribution in [3.8, 4) is 17.6 Å². The lowest BCUT2D eigenvalue weighted by Crippen LogP contribution is -2.04. The lowest BCUT2D eigenvalue weighted by atomic mass is 10.2. The highest BCUT2D eigenvalue weighted by Gasteiger charge is 2.13. The predicted molar refractivity (Wildman–Crippen MR) is 70.3 cm³/mol. The fourth-order valence-electron chi connectivity index (χ4n) is 1.60. The van der Waals surface area contributed by atoms with E-state index in [0.29, 0.717) is 22.1 Å². The van der Waals surface area contributed by atoms with Crippen LogP contribution in [0.4, 0.5) is 0 Å². The topological polar surface area (TPSA) is 60.1 Å².